The quantitative estimate of drug-likeness (QED) is 0.247. The van der Waals surface area contributed by atoms with Gasteiger partial charge >= 0.3 is 0 Å². The molecular formula is C30H30N6O. The molecule has 0 unspecified atom stereocenters. The molecule has 4 aromatic rings. The molecule has 1 aliphatic carbocycles. The van der Waals surface area contributed by atoms with Gasteiger partial charge in [0.1, 0.15) is 17.4 Å². The van der Waals surface area contributed by atoms with Gasteiger partial charge in [0, 0.05) is 36.4 Å². The van der Waals surface area contributed by atoms with E-state index in [0.717, 1.165) is 64.3 Å². The van der Waals surface area contributed by atoms with E-state index in [1.54, 1.807) is 12.4 Å². The summed E-state index contributed by atoms with van der Waals surface area (Å²) in [4.78, 5) is 8.74. The predicted molar refractivity (Wildman–Crippen MR) is 150 cm³/mol. The summed E-state index contributed by atoms with van der Waals surface area (Å²) in [6, 6.07) is 25.5. The van der Waals surface area contributed by atoms with Crippen LogP contribution in [-0.4, -0.2) is 17.0 Å². The molecule has 186 valence electrons. The summed E-state index contributed by atoms with van der Waals surface area (Å²) in [5.41, 5.74) is 19.8. The average molecular weight is 491 g/mol. The lowest BCUT2D eigenvalue weighted by molar-refractivity contribution is 0.465. The molecule has 37 heavy (non-hydrogen) atoms. The molecule has 6 N–H and O–H groups in total. The summed E-state index contributed by atoms with van der Waals surface area (Å²) in [6.45, 7) is 0. The Morgan fingerprint density at radius 2 is 1.62 bits per heavy atom. The van der Waals surface area contributed by atoms with Crippen molar-refractivity contribution >= 4 is 17.2 Å². The van der Waals surface area contributed by atoms with Crippen LogP contribution in [0.2, 0.25) is 0 Å². The van der Waals surface area contributed by atoms with Crippen molar-refractivity contribution in [3.8, 4) is 22.8 Å². The second kappa shape index (κ2) is 10.9. The molecule has 0 radical (unpaired) electrons. The third-order valence-electron chi connectivity index (χ3n) is 6.40. The van der Waals surface area contributed by atoms with Crippen molar-refractivity contribution in [1.82, 2.24) is 9.97 Å². The van der Waals surface area contributed by atoms with Gasteiger partial charge in [-0.3, -0.25) is 0 Å². The first-order chi connectivity index (χ1) is 18.1. The van der Waals surface area contributed by atoms with Crippen molar-refractivity contribution in [3.63, 3.8) is 0 Å². The van der Waals surface area contributed by atoms with Gasteiger partial charge in [0.15, 0.2) is 0 Å². The standard InChI is InChI=1S/C30H30N6O/c1-33-27-19-21(16-18-34-27)24-11-6-17-35-30(24)37-23-14-12-22(13-15-23)36-29(32)26-10-5-9-25(26)28(31)20-7-3-2-4-8-20/h2-4,6-8,11-19,36H,5,9-10,31-32H2,1H3,(H,33,34)/b28-25-,29-26+. The Balaban J connectivity index is 1.34. The summed E-state index contributed by atoms with van der Waals surface area (Å²) in [6.07, 6.45) is 6.33. The molecule has 0 atom stereocenters. The number of nitrogens with zero attached hydrogens (tertiary/aromatic N) is 2. The number of aromatic nitrogens is 2. The van der Waals surface area contributed by atoms with Gasteiger partial charge in [-0.25, -0.2) is 9.97 Å². The summed E-state index contributed by atoms with van der Waals surface area (Å²) < 4.78 is 6.15. The van der Waals surface area contributed by atoms with Gasteiger partial charge in [0.2, 0.25) is 5.88 Å². The zero-order valence-electron chi connectivity index (χ0n) is 20.7. The fraction of sp³-hybridized carbons (Fsp3) is 0.133. The van der Waals surface area contributed by atoms with Crippen LogP contribution in [-0.2, 0) is 0 Å². The monoisotopic (exact) mass is 490 g/mol. The lowest BCUT2D eigenvalue weighted by Crippen LogP contribution is -2.13. The molecule has 2 aromatic heterocycles. The first-order valence-corrected chi connectivity index (χ1v) is 12.3. The number of hydrogen-bond acceptors (Lipinski definition) is 7. The van der Waals surface area contributed by atoms with E-state index in [9.17, 15) is 0 Å². The van der Waals surface area contributed by atoms with E-state index in [0.29, 0.717) is 17.5 Å². The largest absolute Gasteiger partial charge is 0.438 e. The summed E-state index contributed by atoms with van der Waals surface area (Å²) >= 11 is 0. The smallest absolute Gasteiger partial charge is 0.227 e. The molecule has 1 aliphatic rings. The fourth-order valence-electron chi connectivity index (χ4n) is 4.51. The van der Waals surface area contributed by atoms with E-state index in [4.69, 9.17) is 16.2 Å². The molecule has 5 rings (SSSR count). The first kappa shape index (κ1) is 23.9. The fourth-order valence-corrected chi connectivity index (χ4v) is 4.51. The molecule has 0 saturated heterocycles. The molecule has 1 fully saturated rings. The number of benzene rings is 2. The lowest BCUT2D eigenvalue weighted by atomic mass is 10.0. The molecule has 7 nitrogen and oxygen atoms in total. The van der Waals surface area contributed by atoms with Gasteiger partial charge in [-0.1, -0.05) is 30.3 Å². The molecule has 0 aliphatic heterocycles. The van der Waals surface area contributed by atoms with E-state index in [-0.39, 0.29) is 0 Å². The number of allylic oxidation sites excluding steroid dienone is 2. The highest BCUT2D eigenvalue weighted by Crippen LogP contribution is 2.36. The summed E-state index contributed by atoms with van der Waals surface area (Å²) in [7, 11) is 1.84. The van der Waals surface area contributed by atoms with Crippen LogP contribution >= 0.6 is 0 Å². The maximum atomic E-state index is 6.52. The van der Waals surface area contributed by atoms with Crippen molar-refractivity contribution in [3.05, 3.63) is 114 Å². The van der Waals surface area contributed by atoms with Gasteiger partial charge in [0.25, 0.3) is 0 Å². The van der Waals surface area contributed by atoms with Gasteiger partial charge in [-0.05, 0) is 90.1 Å². The van der Waals surface area contributed by atoms with E-state index in [1.165, 1.54) is 0 Å². The van der Waals surface area contributed by atoms with Crippen LogP contribution in [0, 0.1) is 0 Å². The van der Waals surface area contributed by atoms with E-state index in [1.807, 2.05) is 85.9 Å². The van der Waals surface area contributed by atoms with Crippen molar-refractivity contribution in [1.29, 1.82) is 0 Å². The number of pyridine rings is 2. The van der Waals surface area contributed by atoms with Crippen molar-refractivity contribution in [2.45, 2.75) is 19.3 Å². The minimum absolute atomic E-state index is 0.523. The number of nitrogens with one attached hydrogen (secondary N) is 2. The molecule has 2 aromatic carbocycles. The Kier molecular flexibility index (Phi) is 7.03. The molecule has 7 heteroatoms. The zero-order chi connectivity index (χ0) is 25.6. The van der Waals surface area contributed by atoms with Crippen LogP contribution in [0.1, 0.15) is 24.8 Å². The Bertz CT molecular complexity index is 1440. The van der Waals surface area contributed by atoms with Gasteiger partial charge < -0.3 is 26.8 Å². The Labute approximate surface area is 216 Å². The molecule has 1 saturated carbocycles. The molecule has 0 spiro atoms. The Morgan fingerprint density at radius 3 is 2.41 bits per heavy atom. The molecule has 2 heterocycles. The third-order valence-corrected chi connectivity index (χ3v) is 6.40. The lowest BCUT2D eigenvalue weighted by Gasteiger charge is -2.14. The zero-order valence-corrected chi connectivity index (χ0v) is 20.7. The minimum Gasteiger partial charge on any atom is -0.438 e. The highest BCUT2D eigenvalue weighted by Gasteiger charge is 2.21. The Morgan fingerprint density at radius 1 is 0.838 bits per heavy atom. The summed E-state index contributed by atoms with van der Waals surface area (Å²) in [5.74, 6) is 2.61. The van der Waals surface area contributed by atoms with E-state index < -0.39 is 0 Å². The average Bonchev–Trinajstić information content (AvgIpc) is 3.45. The van der Waals surface area contributed by atoms with Crippen LogP contribution in [0.3, 0.4) is 0 Å². The normalized spacial score (nSPS) is 15.7. The van der Waals surface area contributed by atoms with Gasteiger partial charge in [-0.15, -0.1) is 0 Å². The topological polar surface area (TPSA) is 111 Å². The van der Waals surface area contributed by atoms with Crippen molar-refractivity contribution in [2.75, 3.05) is 17.7 Å². The number of ether oxygens (including phenoxy) is 1. The second-order valence-corrected chi connectivity index (χ2v) is 8.79. The highest BCUT2D eigenvalue weighted by molar-refractivity contribution is 5.72. The van der Waals surface area contributed by atoms with E-state index in [2.05, 4.69) is 20.6 Å². The third kappa shape index (κ3) is 5.41. The van der Waals surface area contributed by atoms with Crippen LogP contribution < -0.4 is 26.8 Å². The number of anilines is 2. The SMILES string of the molecule is CNc1cc(-c2cccnc2Oc2ccc(N/C(N)=C3\CCC\C3=C(\N)c3ccccc3)cc2)ccn1. The maximum Gasteiger partial charge on any atom is 0.227 e. The second-order valence-electron chi connectivity index (χ2n) is 8.79. The maximum absolute atomic E-state index is 6.52. The van der Waals surface area contributed by atoms with Crippen LogP contribution in [0.25, 0.3) is 16.8 Å². The van der Waals surface area contributed by atoms with Crippen molar-refractivity contribution in [2.24, 2.45) is 11.5 Å². The van der Waals surface area contributed by atoms with Gasteiger partial charge in [-0.2, -0.15) is 0 Å². The molecule has 0 bridgehead atoms. The summed E-state index contributed by atoms with van der Waals surface area (Å²) in [5, 5.41) is 6.41. The van der Waals surface area contributed by atoms with Gasteiger partial charge in [0.05, 0.1) is 0 Å². The number of nitrogens with two attached hydrogens (primary N) is 2. The van der Waals surface area contributed by atoms with E-state index >= 15 is 0 Å². The molecule has 0 amide bonds. The van der Waals surface area contributed by atoms with Crippen LogP contribution in [0.15, 0.2) is 108 Å². The predicted octanol–water partition coefficient (Wildman–Crippen LogP) is 6.11. The number of hydrogen-bond donors (Lipinski definition) is 4. The van der Waals surface area contributed by atoms with Crippen LogP contribution in [0.4, 0.5) is 11.5 Å². The first-order valence-electron chi connectivity index (χ1n) is 12.3. The van der Waals surface area contributed by atoms with Crippen LogP contribution in [0.5, 0.6) is 11.6 Å². The Hall–Kier alpha value is -4.78. The van der Waals surface area contributed by atoms with Crippen molar-refractivity contribution < 1.29 is 4.74 Å². The minimum atomic E-state index is 0.523. The number of rotatable bonds is 7. The highest BCUT2D eigenvalue weighted by atomic mass is 16.5. The molecular weight excluding hydrogens is 460 g/mol.